The lowest BCUT2D eigenvalue weighted by atomic mass is 9.41. The molecule has 520 valence electrons. The summed E-state index contributed by atoms with van der Waals surface area (Å²) in [5.41, 5.74) is -2.82. The van der Waals surface area contributed by atoms with Crippen molar-refractivity contribution in [1.82, 2.24) is 0 Å². The highest BCUT2D eigenvalue weighted by molar-refractivity contribution is 5.77. The Kier molecular flexibility index (Phi) is 22.1. The molecule has 6 heterocycles. The lowest BCUT2D eigenvalue weighted by molar-refractivity contribution is -0.383. The number of aliphatic hydroxyl groups excluding tert-OH is 19. The average molecular weight is 1310 g/mol. The molecule has 90 heavy (non-hydrogen) atoms. The van der Waals surface area contributed by atoms with Gasteiger partial charge in [-0.2, -0.15) is 0 Å². The Morgan fingerprint density at radius 2 is 0.889 bits per heavy atom. The predicted octanol–water partition coefficient (Wildman–Crippen LogP) is -8.73. The molecule has 19 N–H and O–H groups in total. The number of ether oxygens (including phenoxy) is 13. The zero-order valence-electron chi connectivity index (χ0n) is 50.4. The normalized spacial score (nSPS) is 54.8. The third-order valence-corrected chi connectivity index (χ3v) is 22.0. The molecule has 0 aromatic rings. The fourth-order valence-electron chi connectivity index (χ4n) is 17.0. The van der Waals surface area contributed by atoms with Gasteiger partial charge in [0.1, 0.15) is 146 Å². The molecule has 0 aromatic carbocycles. The lowest BCUT2D eigenvalue weighted by Gasteiger charge is -2.64. The first-order valence-corrected chi connectivity index (χ1v) is 31.1. The molecule has 4 saturated carbocycles. The van der Waals surface area contributed by atoms with E-state index in [1.807, 2.05) is 6.92 Å². The summed E-state index contributed by atoms with van der Waals surface area (Å²) in [6.45, 7) is 1.52. The number of esters is 1. The summed E-state index contributed by atoms with van der Waals surface area (Å²) in [5, 5.41) is 204. The van der Waals surface area contributed by atoms with Crippen molar-refractivity contribution in [3.8, 4) is 0 Å². The highest BCUT2D eigenvalue weighted by Gasteiger charge is 2.70. The van der Waals surface area contributed by atoms with E-state index < -0.39 is 246 Å². The van der Waals surface area contributed by atoms with Gasteiger partial charge < -0.3 is 159 Å². The summed E-state index contributed by atoms with van der Waals surface area (Å²) in [6, 6.07) is 0. The van der Waals surface area contributed by atoms with Crippen LogP contribution in [0.25, 0.3) is 0 Å². The molecule has 0 aromatic heterocycles. The molecule has 10 aliphatic rings. The highest BCUT2D eigenvalue weighted by Crippen LogP contribution is 2.74. The number of methoxy groups -OCH3 is 1. The molecule has 37 atom stereocenters. The van der Waals surface area contributed by atoms with Gasteiger partial charge in [-0.3, -0.25) is 4.79 Å². The maximum atomic E-state index is 14.8. The summed E-state index contributed by atoms with van der Waals surface area (Å²) in [7, 11) is 1.25. The van der Waals surface area contributed by atoms with Gasteiger partial charge in [0.25, 0.3) is 0 Å². The number of fused-ring (bicyclic) bond motifs is 3. The van der Waals surface area contributed by atoms with E-state index in [-0.39, 0.29) is 23.2 Å². The van der Waals surface area contributed by atoms with Gasteiger partial charge in [-0.25, -0.2) is 0 Å². The molecule has 6 aliphatic heterocycles. The first-order valence-electron chi connectivity index (χ1n) is 31.1. The van der Waals surface area contributed by atoms with Crippen molar-refractivity contribution < 1.29 is 163 Å². The van der Waals surface area contributed by atoms with E-state index in [0.717, 1.165) is 6.42 Å². The van der Waals surface area contributed by atoms with E-state index in [1.165, 1.54) is 7.11 Å². The number of hydrogen-bond acceptors (Lipinski definition) is 33. The molecule has 4 aliphatic carbocycles. The van der Waals surface area contributed by atoms with E-state index in [2.05, 4.69) is 13.8 Å². The van der Waals surface area contributed by atoms with Crippen LogP contribution in [0.4, 0.5) is 0 Å². The minimum absolute atomic E-state index is 0.0500. The van der Waals surface area contributed by atoms with Crippen LogP contribution in [0.5, 0.6) is 0 Å². The third-order valence-electron chi connectivity index (χ3n) is 22.0. The predicted molar refractivity (Wildman–Crippen MR) is 289 cm³/mol. The second-order valence-corrected chi connectivity index (χ2v) is 27.1. The van der Waals surface area contributed by atoms with Crippen LogP contribution in [-0.4, -0.2) is 340 Å². The van der Waals surface area contributed by atoms with Crippen LogP contribution in [-0.2, 0) is 66.4 Å². The molecule has 0 amide bonds. The van der Waals surface area contributed by atoms with Crippen LogP contribution >= 0.6 is 0 Å². The van der Waals surface area contributed by atoms with Crippen LogP contribution in [0.3, 0.4) is 0 Å². The molecule has 1 spiro atoms. The van der Waals surface area contributed by atoms with E-state index in [1.54, 1.807) is 0 Å². The van der Waals surface area contributed by atoms with Gasteiger partial charge in [0, 0.05) is 7.11 Å². The Hall–Kier alpha value is -1.77. The number of hydrogen-bond donors (Lipinski definition) is 19. The topological polar surface area (TPSA) is 521 Å². The highest BCUT2D eigenvalue weighted by atomic mass is 16.8. The van der Waals surface area contributed by atoms with Crippen molar-refractivity contribution in [2.75, 3.05) is 46.8 Å². The molecule has 33 heteroatoms. The van der Waals surface area contributed by atoms with Gasteiger partial charge >= 0.3 is 5.97 Å². The molecule has 33 nitrogen and oxygen atoms in total. The summed E-state index contributed by atoms with van der Waals surface area (Å²) in [6.07, 6.45) is -45.8. The fourth-order valence-corrected chi connectivity index (χ4v) is 17.0. The molecular formula is C57H94O33. The summed E-state index contributed by atoms with van der Waals surface area (Å²) in [5.74, 6) is -1.06. The number of carbonyl (C=O) groups is 1. The molecule has 6 saturated heterocycles. The zero-order valence-corrected chi connectivity index (χ0v) is 50.4. The van der Waals surface area contributed by atoms with E-state index >= 15 is 0 Å². The van der Waals surface area contributed by atoms with Crippen LogP contribution in [0, 0.1) is 34.0 Å². The molecule has 32 unspecified atom stereocenters. The van der Waals surface area contributed by atoms with Gasteiger partial charge in [-0.05, 0) is 86.9 Å². The van der Waals surface area contributed by atoms with E-state index in [4.69, 9.17) is 61.6 Å². The summed E-state index contributed by atoms with van der Waals surface area (Å²) < 4.78 is 75.9. The lowest BCUT2D eigenvalue weighted by Crippen LogP contribution is -2.66. The Morgan fingerprint density at radius 3 is 1.47 bits per heavy atom. The van der Waals surface area contributed by atoms with Gasteiger partial charge in [0.05, 0.1) is 50.7 Å². The Bertz CT molecular complexity index is 2370. The van der Waals surface area contributed by atoms with Crippen molar-refractivity contribution in [3.05, 3.63) is 0 Å². The van der Waals surface area contributed by atoms with Crippen LogP contribution in [0.1, 0.15) is 78.6 Å². The molecule has 10 rings (SSSR count). The quantitative estimate of drug-likeness (QED) is 0.0422. The Balaban J connectivity index is 0.766. The first-order chi connectivity index (χ1) is 42.6. The second-order valence-electron chi connectivity index (χ2n) is 27.1. The van der Waals surface area contributed by atoms with E-state index in [0.29, 0.717) is 51.4 Å². The van der Waals surface area contributed by atoms with Gasteiger partial charge in [-0.1, -0.05) is 20.3 Å². The minimum Gasteiger partial charge on any atom is -0.432 e. The number of aliphatic hydroxyl groups is 19. The van der Waals surface area contributed by atoms with Crippen molar-refractivity contribution >= 4 is 5.97 Å². The summed E-state index contributed by atoms with van der Waals surface area (Å²) in [4.78, 5) is 14.8. The monoisotopic (exact) mass is 1310 g/mol. The molecular weight excluding hydrogens is 1210 g/mol. The van der Waals surface area contributed by atoms with Crippen molar-refractivity contribution in [1.29, 1.82) is 0 Å². The zero-order chi connectivity index (χ0) is 65.4. The third kappa shape index (κ3) is 12.7. The molecule has 10 fully saturated rings. The fraction of sp³-hybridized carbons (Fsp3) is 0.982. The SMILES string of the molecule is COC1C(O)C(CO)OC(OC2C(O[C@]34CC[C@@H]5[C@](CCC6[C@](C)(C(=O)OC7OC(CO)C(OC8OC(COC9OC(COC%10OC(CO)C(O)C(O)C%10O)C(O)C(O)C9O)C(O)C(O)C8O)C(O)C7O)CCC[C@]65C)(CC3C)C4)OC(CO)C(O)C2O)C1O. The second kappa shape index (κ2) is 28.0. The minimum atomic E-state index is -2.06. The Labute approximate surface area is 517 Å². The largest absolute Gasteiger partial charge is 0.432 e. The van der Waals surface area contributed by atoms with Gasteiger partial charge in [-0.15, -0.1) is 0 Å². The summed E-state index contributed by atoms with van der Waals surface area (Å²) >= 11 is 0. The van der Waals surface area contributed by atoms with Gasteiger partial charge in [0.2, 0.25) is 6.29 Å². The average Bonchev–Trinajstić information content (AvgIpc) is 1.44. The smallest absolute Gasteiger partial charge is 0.314 e. The van der Waals surface area contributed by atoms with Crippen molar-refractivity contribution in [3.63, 3.8) is 0 Å². The van der Waals surface area contributed by atoms with Crippen LogP contribution in [0.15, 0.2) is 0 Å². The molecule has 0 radical (unpaired) electrons. The standard InChI is InChI=1S/C57H94O33/c1-20-12-56-10-6-27-54(2,28(56)7-11-57(20,19-56)90-52-46(37(70)30(63)22(14-59)83-52)88-51-43(76)45(78-4)33(66)23(15-60)82-51)8-5-9-55(27,3)53(77)89-50-42(75)38(71)44(24(16-61)84-50)87-49-41(74)36(69)32(65)26(86-49)18-80-48-40(73)35(68)31(64)25(85-48)17-79-47-39(72)34(67)29(62)21(13-58)81-47/h20-52,58-76H,5-19H2,1-4H3/t20?,21?,22?,23?,24?,25?,26?,27?,28-,29?,30?,31?,32?,33?,34?,35?,36?,37?,38?,39?,40?,41?,42?,43?,44?,45?,46?,47?,48?,49?,50?,51?,52?,54+,55+,56+,57-/m0/s1. The van der Waals surface area contributed by atoms with Gasteiger partial charge in [0.15, 0.2) is 31.5 Å². The number of rotatable bonds is 19. The Morgan fingerprint density at radius 1 is 0.444 bits per heavy atom. The maximum Gasteiger partial charge on any atom is 0.314 e. The first kappa shape index (κ1) is 71.0. The molecule has 2 bridgehead atoms. The van der Waals surface area contributed by atoms with Crippen LogP contribution < -0.4 is 0 Å². The number of carbonyl (C=O) groups excluding carboxylic acids is 1. The van der Waals surface area contributed by atoms with Crippen molar-refractivity contribution in [2.45, 2.75) is 268 Å². The van der Waals surface area contributed by atoms with Crippen LogP contribution in [0.2, 0.25) is 0 Å². The van der Waals surface area contributed by atoms with Crippen molar-refractivity contribution in [2.24, 2.45) is 34.0 Å². The maximum absolute atomic E-state index is 14.8. The van der Waals surface area contributed by atoms with E-state index in [9.17, 15) is 102 Å².